The van der Waals surface area contributed by atoms with Crippen molar-refractivity contribution in [1.82, 2.24) is 0 Å². The third-order valence-electron chi connectivity index (χ3n) is 2.09. The molecule has 0 aliphatic rings. The molecule has 6 heteroatoms. The largest absolute Gasteiger partial charge is 0.495 e. The van der Waals surface area contributed by atoms with Crippen LogP contribution in [0.4, 0.5) is 5.69 Å². The second-order valence-corrected chi connectivity index (χ2v) is 3.65. The number of nitrogens with two attached hydrogens (primary N) is 1. The Kier molecular flexibility index (Phi) is 4.25. The molecule has 5 nitrogen and oxygen atoms in total. The number of oxime groups is 1. The Labute approximate surface area is 98.8 Å². The molecule has 4 N–H and O–H groups in total. The molecule has 0 aromatic heterocycles. The van der Waals surface area contributed by atoms with Crippen molar-refractivity contribution in [2.75, 3.05) is 12.4 Å². The maximum atomic E-state index is 8.51. The first-order valence-electron chi connectivity index (χ1n) is 4.66. The number of amidine groups is 1. The molecule has 0 heterocycles. The zero-order chi connectivity index (χ0) is 12.1. The second-order valence-electron chi connectivity index (χ2n) is 3.24. The molecule has 1 unspecified atom stereocenters. The van der Waals surface area contributed by atoms with Crippen molar-refractivity contribution >= 4 is 23.1 Å². The van der Waals surface area contributed by atoms with Crippen LogP contribution in [-0.2, 0) is 0 Å². The number of halogens is 1. The average Bonchev–Trinajstić information content (AvgIpc) is 2.30. The highest BCUT2D eigenvalue weighted by Crippen LogP contribution is 2.27. The zero-order valence-electron chi connectivity index (χ0n) is 9.07. The van der Waals surface area contributed by atoms with Crippen LogP contribution < -0.4 is 15.8 Å². The lowest BCUT2D eigenvalue weighted by molar-refractivity contribution is 0.316. The molecular formula is C10H14ClN3O2. The van der Waals surface area contributed by atoms with Crippen molar-refractivity contribution in [3.8, 4) is 5.75 Å². The highest BCUT2D eigenvalue weighted by Gasteiger charge is 2.08. The summed E-state index contributed by atoms with van der Waals surface area (Å²) in [7, 11) is 1.54. The molecule has 1 rings (SSSR count). The van der Waals surface area contributed by atoms with Crippen LogP contribution in [0.5, 0.6) is 5.75 Å². The molecule has 0 bridgehead atoms. The molecule has 0 saturated heterocycles. The van der Waals surface area contributed by atoms with Gasteiger partial charge in [0.25, 0.3) is 0 Å². The van der Waals surface area contributed by atoms with Gasteiger partial charge in [-0.25, -0.2) is 0 Å². The topological polar surface area (TPSA) is 79.9 Å². The summed E-state index contributed by atoms with van der Waals surface area (Å²) < 4.78 is 5.07. The lowest BCUT2D eigenvalue weighted by atomic mass is 10.2. The number of methoxy groups -OCH3 is 1. The average molecular weight is 244 g/mol. The lowest BCUT2D eigenvalue weighted by Crippen LogP contribution is -2.32. The quantitative estimate of drug-likeness (QED) is 0.327. The van der Waals surface area contributed by atoms with E-state index in [1.807, 2.05) is 0 Å². The number of rotatable bonds is 4. The summed E-state index contributed by atoms with van der Waals surface area (Å²) in [5, 5.41) is 15.0. The van der Waals surface area contributed by atoms with Crippen LogP contribution in [0.2, 0.25) is 5.02 Å². The van der Waals surface area contributed by atoms with Gasteiger partial charge in [0.2, 0.25) is 0 Å². The fourth-order valence-corrected chi connectivity index (χ4v) is 1.35. The van der Waals surface area contributed by atoms with Gasteiger partial charge in [-0.3, -0.25) is 0 Å². The Balaban J connectivity index is 2.82. The van der Waals surface area contributed by atoms with E-state index in [9.17, 15) is 0 Å². The van der Waals surface area contributed by atoms with Crippen LogP contribution in [0.3, 0.4) is 0 Å². The van der Waals surface area contributed by atoms with Crippen LogP contribution in [0.15, 0.2) is 23.4 Å². The van der Waals surface area contributed by atoms with Gasteiger partial charge in [-0.2, -0.15) is 0 Å². The molecule has 0 amide bonds. The standard InChI is InChI=1S/C10H14ClN3O2/c1-6(10(12)14-15)13-7-3-4-8(11)9(5-7)16-2/h3-6,13,15H,1-2H3,(H2,12,14). The van der Waals surface area contributed by atoms with E-state index in [1.165, 1.54) is 7.11 Å². The van der Waals surface area contributed by atoms with Crippen LogP contribution in [0.25, 0.3) is 0 Å². The van der Waals surface area contributed by atoms with Crippen LogP contribution >= 0.6 is 11.6 Å². The van der Waals surface area contributed by atoms with Crippen LogP contribution in [-0.4, -0.2) is 24.2 Å². The van der Waals surface area contributed by atoms with E-state index in [1.54, 1.807) is 25.1 Å². The summed E-state index contributed by atoms with van der Waals surface area (Å²) in [6.45, 7) is 1.77. The molecule has 0 fully saturated rings. The van der Waals surface area contributed by atoms with Gasteiger partial charge in [0, 0.05) is 11.8 Å². The Bertz CT molecular complexity index is 396. The third kappa shape index (κ3) is 2.93. The molecule has 0 radical (unpaired) electrons. The summed E-state index contributed by atoms with van der Waals surface area (Å²) in [5.41, 5.74) is 6.22. The van der Waals surface area contributed by atoms with Gasteiger partial charge in [0.1, 0.15) is 5.75 Å². The number of hydrogen-bond acceptors (Lipinski definition) is 4. The third-order valence-corrected chi connectivity index (χ3v) is 2.41. The lowest BCUT2D eigenvalue weighted by Gasteiger charge is -2.14. The molecule has 0 aliphatic heterocycles. The van der Waals surface area contributed by atoms with E-state index in [0.29, 0.717) is 10.8 Å². The first kappa shape index (κ1) is 12.4. The van der Waals surface area contributed by atoms with Gasteiger partial charge in [0.05, 0.1) is 18.2 Å². The molecule has 1 aromatic carbocycles. The van der Waals surface area contributed by atoms with Crippen molar-refractivity contribution in [2.45, 2.75) is 13.0 Å². The second kappa shape index (κ2) is 5.46. The van der Waals surface area contributed by atoms with Crippen molar-refractivity contribution in [3.05, 3.63) is 23.2 Å². The predicted molar refractivity (Wildman–Crippen MR) is 64.5 cm³/mol. The first-order valence-corrected chi connectivity index (χ1v) is 5.03. The predicted octanol–water partition coefficient (Wildman–Crippen LogP) is 1.90. The minimum atomic E-state index is -0.282. The summed E-state index contributed by atoms with van der Waals surface area (Å²) in [4.78, 5) is 0. The monoisotopic (exact) mass is 243 g/mol. The van der Waals surface area contributed by atoms with E-state index < -0.39 is 0 Å². The van der Waals surface area contributed by atoms with E-state index in [2.05, 4.69) is 10.5 Å². The molecule has 16 heavy (non-hydrogen) atoms. The highest BCUT2D eigenvalue weighted by molar-refractivity contribution is 6.32. The highest BCUT2D eigenvalue weighted by atomic mass is 35.5. The van der Waals surface area contributed by atoms with Crippen molar-refractivity contribution in [2.24, 2.45) is 10.9 Å². The fraction of sp³-hybridized carbons (Fsp3) is 0.300. The number of nitrogens with zero attached hydrogens (tertiary/aromatic N) is 1. The smallest absolute Gasteiger partial charge is 0.161 e. The van der Waals surface area contributed by atoms with E-state index in [0.717, 1.165) is 5.69 Å². The van der Waals surface area contributed by atoms with Gasteiger partial charge in [-0.1, -0.05) is 16.8 Å². The maximum absolute atomic E-state index is 8.51. The summed E-state index contributed by atoms with van der Waals surface area (Å²) in [6, 6.07) is 4.95. The fourth-order valence-electron chi connectivity index (χ4n) is 1.16. The molecule has 1 aromatic rings. The summed E-state index contributed by atoms with van der Waals surface area (Å²) in [5.74, 6) is 0.673. The molecule has 0 saturated carbocycles. The number of hydrogen-bond donors (Lipinski definition) is 3. The molecule has 0 spiro atoms. The molecule has 88 valence electrons. The summed E-state index contributed by atoms with van der Waals surface area (Å²) in [6.07, 6.45) is 0. The Morgan fingerprint density at radius 2 is 2.31 bits per heavy atom. The van der Waals surface area contributed by atoms with Crippen LogP contribution in [0, 0.1) is 0 Å². The van der Waals surface area contributed by atoms with E-state index >= 15 is 0 Å². The minimum absolute atomic E-state index is 0.105. The van der Waals surface area contributed by atoms with Gasteiger partial charge >= 0.3 is 0 Å². The van der Waals surface area contributed by atoms with Gasteiger partial charge in [0.15, 0.2) is 5.84 Å². The number of anilines is 1. The zero-order valence-corrected chi connectivity index (χ0v) is 9.82. The molecule has 1 atom stereocenters. The Morgan fingerprint density at radius 3 is 2.88 bits per heavy atom. The van der Waals surface area contributed by atoms with Crippen LogP contribution in [0.1, 0.15) is 6.92 Å². The van der Waals surface area contributed by atoms with Gasteiger partial charge in [-0.15, -0.1) is 0 Å². The van der Waals surface area contributed by atoms with Gasteiger partial charge in [-0.05, 0) is 19.1 Å². The number of nitrogens with one attached hydrogen (secondary N) is 1. The maximum Gasteiger partial charge on any atom is 0.161 e. The van der Waals surface area contributed by atoms with E-state index in [-0.39, 0.29) is 11.9 Å². The summed E-state index contributed by atoms with van der Waals surface area (Å²) >= 11 is 5.88. The number of benzene rings is 1. The minimum Gasteiger partial charge on any atom is -0.495 e. The Hall–Kier alpha value is -1.62. The first-order chi connectivity index (χ1) is 7.58. The van der Waals surface area contributed by atoms with Gasteiger partial charge < -0.3 is 21.0 Å². The Morgan fingerprint density at radius 1 is 1.62 bits per heavy atom. The SMILES string of the molecule is COc1cc(NC(C)/C(N)=N/O)ccc1Cl. The molecular weight excluding hydrogens is 230 g/mol. The van der Waals surface area contributed by atoms with Crippen molar-refractivity contribution in [1.29, 1.82) is 0 Å². The normalized spacial score (nSPS) is 13.3. The molecule has 0 aliphatic carbocycles. The van der Waals surface area contributed by atoms with Crippen molar-refractivity contribution in [3.63, 3.8) is 0 Å². The number of ether oxygens (including phenoxy) is 1. The van der Waals surface area contributed by atoms with E-state index in [4.69, 9.17) is 27.3 Å². The van der Waals surface area contributed by atoms with Crippen molar-refractivity contribution < 1.29 is 9.94 Å².